The van der Waals surface area contributed by atoms with Crippen LogP contribution in [0.15, 0.2) is 77.0 Å². The summed E-state index contributed by atoms with van der Waals surface area (Å²) in [7, 11) is -1.34. The van der Waals surface area contributed by atoms with Crippen LogP contribution < -0.4 is 34.5 Å². The zero-order valence-electron chi connectivity index (χ0n) is 20.9. The zero-order chi connectivity index (χ0) is 26.6. The number of benzene rings is 3. The summed E-state index contributed by atoms with van der Waals surface area (Å²) < 4.78 is 22.5. The van der Waals surface area contributed by atoms with Gasteiger partial charge in [0.2, 0.25) is 0 Å². The van der Waals surface area contributed by atoms with Crippen molar-refractivity contribution in [1.29, 1.82) is 0 Å². The standard InChI is InChI=1S/C20H11N2O2.C3H8O4P.C3H7O.Na/c23-19-14-9-4-5-10-15(14)20(24)18-16(19)11-6-12-17(18)22-21-13-7-2-1-3-8-13;1-3-7-8(4,5)6-2;1-3-4-2;/h2-12H;1,3H2,2H3,(H,4,5);1,3H2,2H3;/q3*-1;+1/p-1. The maximum Gasteiger partial charge on any atom is 1.00 e. The molecule has 0 heterocycles. The molecule has 11 heteroatoms. The third-order valence-electron chi connectivity index (χ3n) is 4.58. The van der Waals surface area contributed by atoms with Crippen LogP contribution in [-0.4, -0.2) is 39.0 Å². The van der Waals surface area contributed by atoms with E-state index < -0.39 is 7.82 Å². The zero-order valence-corrected chi connectivity index (χ0v) is 23.8. The van der Waals surface area contributed by atoms with Gasteiger partial charge >= 0.3 is 29.6 Å². The van der Waals surface area contributed by atoms with Gasteiger partial charge in [-0.05, 0) is 11.8 Å². The molecule has 1 aliphatic carbocycles. The molecule has 1 aliphatic rings. The van der Waals surface area contributed by atoms with Crippen molar-refractivity contribution in [2.75, 3.05) is 27.4 Å². The molecule has 3 aromatic carbocycles. The molecule has 190 valence electrons. The molecule has 37 heavy (non-hydrogen) atoms. The first-order valence-corrected chi connectivity index (χ1v) is 12.0. The Morgan fingerprint density at radius 1 is 0.865 bits per heavy atom. The normalized spacial score (nSPS) is 13.1. The van der Waals surface area contributed by atoms with E-state index in [4.69, 9.17) is 0 Å². The third kappa shape index (κ3) is 9.48. The van der Waals surface area contributed by atoms with Crippen molar-refractivity contribution < 1.29 is 62.4 Å². The number of carbonyl (C=O) groups excluding carboxylic acids is 2. The van der Waals surface area contributed by atoms with E-state index in [2.05, 4.69) is 43.9 Å². The summed E-state index contributed by atoms with van der Waals surface area (Å²) in [5.74, 6) is -0.359. The van der Waals surface area contributed by atoms with Gasteiger partial charge in [-0.3, -0.25) is 14.2 Å². The maximum absolute atomic E-state index is 12.8. The van der Waals surface area contributed by atoms with E-state index in [1.54, 1.807) is 73.8 Å². The summed E-state index contributed by atoms with van der Waals surface area (Å²) in [5.41, 5.74) is 2.58. The largest absolute Gasteiger partial charge is 1.00 e. The summed E-state index contributed by atoms with van der Waals surface area (Å²) in [6.07, 6.45) is 0. The number of phosphoric ester groups is 1. The van der Waals surface area contributed by atoms with Gasteiger partial charge in [0.05, 0.1) is 11.3 Å². The molecule has 1 atom stereocenters. The molecule has 0 saturated carbocycles. The minimum Gasteiger partial charge on any atom is -0.756 e. The molecule has 0 spiro atoms. The van der Waals surface area contributed by atoms with Crippen LogP contribution in [0.1, 0.15) is 31.8 Å². The number of rotatable bonds is 6. The Hall–Kier alpha value is -2.33. The number of methoxy groups -OCH3 is 1. The van der Waals surface area contributed by atoms with Crippen LogP contribution in [-0.2, 0) is 18.3 Å². The van der Waals surface area contributed by atoms with Crippen molar-refractivity contribution >= 4 is 30.8 Å². The van der Waals surface area contributed by atoms with E-state index in [-0.39, 0.29) is 47.7 Å². The number of ketones is 2. The van der Waals surface area contributed by atoms with Crippen LogP contribution in [0.5, 0.6) is 0 Å². The molecule has 9 nitrogen and oxygen atoms in total. The van der Waals surface area contributed by atoms with Crippen LogP contribution in [0.3, 0.4) is 0 Å². The average Bonchev–Trinajstić information content (AvgIpc) is 2.91. The van der Waals surface area contributed by atoms with Gasteiger partial charge in [-0.2, -0.15) is 28.4 Å². The summed E-state index contributed by atoms with van der Waals surface area (Å²) >= 11 is 0. The molecule has 0 radical (unpaired) electrons. The van der Waals surface area contributed by atoms with E-state index >= 15 is 0 Å². The van der Waals surface area contributed by atoms with E-state index in [9.17, 15) is 19.0 Å². The minimum absolute atomic E-state index is 0. The Morgan fingerprint density at radius 3 is 1.95 bits per heavy atom. The quantitative estimate of drug-likeness (QED) is 0.161. The van der Waals surface area contributed by atoms with Gasteiger partial charge in [-0.25, -0.2) is 0 Å². The topological polar surface area (TPSA) is 127 Å². The molecule has 4 rings (SSSR count). The Morgan fingerprint density at radius 2 is 1.43 bits per heavy atom. The van der Waals surface area contributed by atoms with Crippen LogP contribution in [0.2, 0.25) is 0 Å². The predicted molar refractivity (Wildman–Crippen MR) is 132 cm³/mol. The van der Waals surface area contributed by atoms with Crippen LogP contribution in [0.25, 0.3) is 0 Å². The van der Waals surface area contributed by atoms with Gasteiger partial charge in [-0.15, -0.1) is 12.1 Å². The van der Waals surface area contributed by atoms with E-state index in [1.165, 1.54) is 0 Å². The molecule has 0 saturated heterocycles. The Labute approximate surface area is 238 Å². The fraction of sp³-hybridized carbons (Fsp3) is 0.154. The van der Waals surface area contributed by atoms with Gasteiger partial charge in [0.25, 0.3) is 7.82 Å². The third-order valence-corrected chi connectivity index (χ3v) is 5.53. The second kappa shape index (κ2) is 16.5. The molecule has 0 fully saturated rings. The van der Waals surface area contributed by atoms with Crippen molar-refractivity contribution in [2.45, 2.75) is 0 Å². The smallest absolute Gasteiger partial charge is 0.756 e. The number of nitrogens with zero attached hydrogens (tertiary/aromatic N) is 2. The summed E-state index contributed by atoms with van der Waals surface area (Å²) in [6, 6.07) is 21.8. The average molecular weight is 531 g/mol. The number of carbonyl (C=O) groups is 2. The molecule has 0 aromatic heterocycles. The van der Waals surface area contributed by atoms with Crippen LogP contribution >= 0.6 is 7.82 Å². The van der Waals surface area contributed by atoms with Gasteiger partial charge in [0.1, 0.15) is 0 Å². The monoisotopic (exact) mass is 531 g/mol. The summed E-state index contributed by atoms with van der Waals surface area (Å²) in [4.78, 5) is 35.6. The number of fused-ring (bicyclic) bond motifs is 2. The van der Waals surface area contributed by atoms with Crippen LogP contribution in [0.4, 0.5) is 11.4 Å². The van der Waals surface area contributed by atoms with Gasteiger partial charge in [0, 0.05) is 30.9 Å². The summed E-state index contributed by atoms with van der Waals surface area (Å²) in [6.45, 7) is 6.97. The van der Waals surface area contributed by atoms with Crippen molar-refractivity contribution in [3.8, 4) is 0 Å². The fourth-order valence-corrected chi connectivity index (χ4v) is 3.26. The van der Waals surface area contributed by atoms with Gasteiger partial charge in [0.15, 0.2) is 11.6 Å². The minimum atomic E-state index is -3.99. The van der Waals surface area contributed by atoms with Gasteiger partial charge < -0.3 is 32.5 Å². The van der Waals surface area contributed by atoms with E-state index in [0.717, 1.165) is 7.11 Å². The second-order valence-electron chi connectivity index (χ2n) is 6.82. The number of phosphoric acid groups is 1. The van der Waals surface area contributed by atoms with E-state index in [1.807, 2.05) is 0 Å². The van der Waals surface area contributed by atoms with Crippen molar-refractivity contribution in [1.82, 2.24) is 0 Å². The van der Waals surface area contributed by atoms with Crippen molar-refractivity contribution in [3.63, 3.8) is 0 Å². The molecule has 3 aromatic rings. The molecule has 0 bridgehead atoms. The molecule has 1 unspecified atom stereocenters. The summed E-state index contributed by atoms with van der Waals surface area (Å²) in [5, 5.41) is 8.33. The Kier molecular flexibility index (Phi) is 14.6. The molecule has 0 amide bonds. The Balaban J connectivity index is 0.000000446. The molecule has 0 aliphatic heterocycles. The number of hydrogen-bond donors (Lipinski definition) is 0. The second-order valence-corrected chi connectivity index (χ2v) is 8.34. The molecular formula is C26H25N2NaO7P-3. The predicted octanol–water partition coefficient (Wildman–Crippen LogP) is 2.10. The first-order valence-electron chi connectivity index (χ1n) is 10.6. The van der Waals surface area contributed by atoms with Gasteiger partial charge in [-0.1, -0.05) is 49.6 Å². The number of azo groups is 1. The number of hydrogen-bond acceptors (Lipinski definition) is 9. The van der Waals surface area contributed by atoms with Crippen molar-refractivity contribution in [3.05, 3.63) is 109 Å². The first kappa shape index (κ1) is 32.7. The Bertz CT molecular complexity index is 1250. The SMILES string of the molecule is O=C1c2ccccc2C(=O)c2c(N=Nc3cc[c-]cc3)cccc21.[CH2-]COC.[CH2-]COP(=O)([O-])OC.[Na+]. The first-order chi connectivity index (χ1) is 17.3. The van der Waals surface area contributed by atoms with Crippen molar-refractivity contribution in [2.24, 2.45) is 10.2 Å². The van der Waals surface area contributed by atoms with E-state index in [0.29, 0.717) is 40.2 Å². The molecular weight excluding hydrogens is 506 g/mol. The molecule has 0 N–H and O–H groups in total. The fourth-order valence-electron chi connectivity index (χ4n) is 2.93. The number of ether oxygens (including phenoxy) is 1. The van der Waals surface area contributed by atoms with Crippen LogP contribution in [0, 0.1) is 19.9 Å². The maximum atomic E-state index is 12.8.